The molecular formula is C18H14F2N2O2. The number of hydrogen-bond donors (Lipinski definition) is 2. The Morgan fingerprint density at radius 2 is 1.96 bits per heavy atom. The first-order chi connectivity index (χ1) is 11.5. The number of nitrogens with one attached hydrogen (secondary N) is 1. The van der Waals surface area contributed by atoms with Crippen LogP contribution in [0.15, 0.2) is 48.7 Å². The number of benzene rings is 2. The summed E-state index contributed by atoms with van der Waals surface area (Å²) >= 11 is 0. The Hall–Kier alpha value is -3.02. The molecule has 0 bridgehead atoms. The number of amides is 1. The van der Waals surface area contributed by atoms with E-state index in [4.69, 9.17) is 0 Å². The summed E-state index contributed by atoms with van der Waals surface area (Å²) in [6.45, 7) is 1.31. The maximum absolute atomic E-state index is 13.6. The maximum atomic E-state index is 13.6. The van der Waals surface area contributed by atoms with Gasteiger partial charge in [-0.05, 0) is 23.8 Å². The van der Waals surface area contributed by atoms with Crippen molar-refractivity contribution < 1.29 is 18.7 Å². The first kappa shape index (κ1) is 15.9. The standard InChI is InChI=1S/C18H14F2N2O2/c1-10(23)22-16(12-5-7-14(19)15(20)9-12)13-6-4-11-3-2-8-21-17(11)18(13)24/h2-9,16,24H,1H3,(H,22,23). The molecule has 0 saturated carbocycles. The van der Waals surface area contributed by atoms with Crippen LogP contribution in [0.2, 0.25) is 0 Å². The number of rotatable bonds is 3. The average Bonchev–Trinajstić information content (AvgIpc) is 2.56. The quantitative estimate of drug-likeness (QED) is 0.774. The molecule has 3 aromatic rings. The Morgan fingerprint density at radius 3 is 2.67 bits per heavy atom. The SMILES string of the molecule is CC(=O)NC(c1ccc(F)c(F)c1)c1ccc2cccnc2c1O. The lowest BCUT2D eigenvalue weighted by atomic mass is 9.96. The van der Waals surface area contributed by atoms with E-state index in [1.807, 2.05) is 0 Å². The Kier molecular flexibility index (Phi) is 4.12. The number of halogens is 2. The Morgan fingerprint density at radius 1 is 1.17 bits per heavy atom. The van der Waals surface area contributed by atoms with Crippen LogP contribution in [0.1, 0.15) is 24.1 Å². The largest absolute Gasteiger partial charge is 0.505 e. The van der Waals surface area contributed by atoms with Gasteiger partial charge in [0, 0.05) is 24.1 Å². The second-order valence-electron chi connectivity index (χ2n) is 5.39. The number of phenols is 1. The summed E-state index contributed by atoms with van der Waals surface area (Å²) in [5.41, 5.74) is 1.03. The van der Waals surface area contributed by atoms with Crippen LogP contribution >= 0.6 is 0 Å². The second-order valence-corrected chi connectivity index (χ2v) is 5.39. The van der Waals surface area contributed by atoms with Gasteiger partial charge in [-0.25, -0.2) is 8.78 Å². The molecule has 1 amide bonds. The van der Waals surface area contributed by atoms with Gasteiger partial charge in [0.25, 0.3) is 0 Å². The van der Waals surface area contributed by atoms with Gasteiger partial charge in [-0.15, -0.1) is 0 Å². The molecule has 4 nitrogen and oxygen atoms in total. The summed E-state index contributed by atoms with van der Waals surface area (Å²) in [5.74, 6) is -2.49. The third-order valence-corrected chi connectivity index (χ3v) is 3.71. The number of carbonyl (C=O) groups is 1. The van der Waals surface area contributed by atoms with Gasteiger partial charge in [-0.3, -0.25) is 9.78 Å². The van der Waals surface area contributed by atoms with Crippen molar-refractivity contribution in [2.75, 3.05) is 0 Å². The molecule has 0 aliphatic heterocycles. The molecular weight excluding hydrogens is 314 g/mol. The predicted molar refractivity (Wildman–Crippen MR) is 85.4 cm³/mol. The van der Waals surface area contributed by atoms with E-state index in [2.05, 4.69) is 10.3 Å². The van der Waals surface area contributed by atoms with Crippen molar-refractivity contribution in [1.29, 1.82) is 0 Å². The molecule has 3 rings (SSSR count). The van der Waals surface area contributed by atoms with Crippen molar-refractivity contribution in [3.8, 4) is 5.75 Å². The fraction of sp³-hybridized carbons (Fsp3) is 0.111. The molecule has 1 unspecified atom stereocenters. The second kappa shape index (κ2) is 6.23. The smallest absolute Gasteiger partial charge is 0.217 e. The summed E-state index contributed by atoms with van der Waals surface area (Å²) < 4.78 is 26.8. The number of hydrogen-bond acceptors (Lipinski definition) is 3. The van der Waals surface area contributed by atoms with Crippen molar-refractivity contribution >= 4 is 16.8 Å². The molecule has 0 spiro atoms. The highest BCUT2D eigenvalue weighted by atomic mass is 19.2. The number of phenolic OH excluding ortho intramolecular Hbond substituents is 1. The zero-order valence-electron chi connectivity index (χ0n) is 12.8. The van der Waals surface area contributed by atoms with E-state index in [1.54, 1.807) is 24.3 Å². The van der Waals surface area contributed by atoms with E-state index in [1.165, 1.54) is 19.2 Å². The van der Waals surface area contributed by atoms with Crippen LogP contribution in [0.3, 0.4) is 0 Å². The highest BCUT2D eigenvalue weighted by Crippen LogP contribution is 2.34. The minimum atomic E-state index is -1.03. The van der Waals surface area contributed by atoms with Crippen LogP contribution in [-0.2, 0) is 4.79 Å². The fourth-order valence-electron chi connectivity index (χ4n) is 2.61. The van der Waals surface area contributed by atoms with Gasteiger partial charge in [-0.2, -0.15) is 0 Å². The van der Waals surface area contributed by atoms with Crippen molar-refractivity contribution in [3.05, 3.63) is 71.4 Å². The number of nitrogens with zero attached hydrogens (tertiary/aromatic N) is 1. The molecule has 0 aliphatic rings. The van der Waals surface area contributed by atoms with Crippen LogP contribution in [0.4, 0.5) is 8.78 Å². The van der Waals surface area contributed by atoms with Gasteiger partial charge in [-0.1, -0.05) is 24.3 Å². The molecule has 0 saturated heterocycles. The summed E-state index contributed by atoms with van der Waals surface area (Å²) in [6, 6.07) is 9.41. The van der Waals surface area contributed by atoms with Crippen molar-refractivity contribution in [2.45, 2.75) is 13.0 Å². The van der Waals surface area contributed by atoms with Crippen LogP contribution in [0.5, 0.6) is 5.75 Å². The fourth-order valence-corrected chi connectivity index (χ4v) is 2.61. The highest BCUT2D eigenvalue weighted by Gasteiger charge is 2.21. The maximum Gasteiger partial charge on any atom is 0.217 e. The highest BCUT2D eigenvalue weighted by molar-refractivity contribution is 5.86. The molecule has 1 heterocycles. The van der Waals surface area contributed by atoms with E-state index >= 15 is 0 Å². The topological polar surface area (TPSA) is 62.2 Å². The Bertz CT molecular complexity index is 928. The summed E-state index contributed by atoms with van der Waals surface area (Å²) in [4.78, 5) is 15.7. The normalized spacial score (nSPS) is 12.1. The summed E-state index contributed by atoms with van der Waals surface area (Å²) in [6.07, 6.45) is 1.54. The van der Waals surface area contributed by atoms with Crippen LogP contribution < -0.4 is 5.32 Å². The van der Waals surface area contributed by atoms with Crippen LogP contribution in [0, 0.1) is 11.6 Å². The van der Waals surface area contributed by atoms with E-state index in [0.29, 0.717) is 16.6 Å². The van der Waals surface area contributed by atoms with Gasteiger partial charge in [0.1, 0.15) is 11.3 Å². The summed E-state index contributed by atoms with van der Waals surface area (Å²) in [7, 11) is 0. The van der Waals surface area contributed by atoms with Crippen LogP contribution in [0.25, 0.3) is 10.9 Å². The third kappa shape index (κ3) is 2.90. The zero-order chi connectivity index (χ0) is 17.3. The van der Waals surface area contributed by atoms with Gasteiger partial charge in [0.05, 0.1) is 6.04 Å². The Balaban J connectivity index is 2.17. The van der Waals surface area contributed by atoms with E-state index in [0.717, 1.165) is 17.5 Å². The number of aromatic hydroxyl groups is 1. The molecule has 6 heteroatoms. The molecule has 1 atom stereocenters. The molecule has 0 fully saturated rings. The van der Waals surface area contributed by atoms with E-state index in [-0.39, 0.29) is 11.7 Å². The van der Waals surface area contributed by atoms with Gasteiger partial charge < -0.3 is 10.4 Å². The summed E-state index contributed by atoms with van der Waals surface area (Å²) in [5, 5.41) is 13.9. The third-order valence-electron chi connectivity index (χ3n) is 3.71. The lowest BCUT2D eigenvalue weighted by Crippen LogP contribution is -2.27. The van der Waals surface area contributed by atoms with E-state index < -0.39 is 17.7 Å². The van der Waals surface area contributed by atoms with Gasteiger partial charge >= 0.3 is 0 Å². The molecule has 0 aliphatic carbocycles. The number of carbonyl (C=O) groups excluding carboxylic acids is 1. The van der Waals surface area contributed by atoms with Crippen molar-refractivity contribution in [2.24, 2.45) is 0 Å². The minimum Gasteiger partial charge on any atom is -0.505 e. The number of pyridine rings is 1. The van der Waals surface area contributed by atoms with Gasteiger partial charge in [0.15, 0.2) is 11.6 Å². The monoisotopic (exact) mass is 328 g/mol. The van der Waals surface area contributed by atoms with Crippen molar-refractivity contribution in [1.82, 2.24) is 10.3 Å². The molecule has 2 N–H and O–H groups in total. The first-order valence-corrected chi connectivity index (χ1v) is 7.26. The first-order valence-electron chi connectivity index (χ1n) is 7.26. The number of fused-ring (bicyclic) bond motifs is 1. The lowest BCUT2D eigenvalue weighted by molar-refractivity contribution is -0.119. The van der Waals surface area contributed by atoms with E-state index in [9.17, 15) is 18.7 Å². The molecule has 24 heavy (non-hydrogen) atoms. The van der Waals surface area contributed by atoms with Crippen LogP contribution in [-0.4, -0.2) is 16.0 Å². The Labute approximate surface area is 136 Å². The van der Waals surface area contributed by atoms with Crippen molar-refractivity contribution in [3.63, 3.8) is 0 Å². The molecule has 1 aromatic heterocycles. The minimum absolute atomic E-state index is 0.114. The number of aromatic nitrogens is 1. The predicted octanol–water partition coefficient (Wildman–Crippen LogP) is 3.44. The molecule has 0 radical (unpaired) electrons. The van der Waals surface area contributed by atoms with Gasteiger partial charge in [0.2, 0.25) is 5.91 Å². The molecule has 2 aromatic carbocycles. The molecule has 122 valence electrons. The lowest BCUT2D eigenvalue weighted by Gasteiger charge is -2.20. The zero-order valence-corrected chi connectivity index (χ0v) is 12.8. The average molecular weight is 328 g/mol.